The molecule has 3 heteroatoms. The number of hydrogen-bond donors (Lipinski definition) is 0. The Bertz CT molecular complexity index is 555. The Labute approximate surface area is 101 Å². The number of nitrogens with zero attached hydrogens (tertiary/aromatic N) is 1. The molecule has 0 aliphatic rings. The van der Waals surface area contributed by atoms with Crippen LogP contribution in [0.4, 0.5) is 0 Å². The van der Waals surface area contributed by atoms with E-state index < -0.39 is 0 Å². The SMILES string of the molecule is CCC(=O)c1ccc(OC)n2cc(CC)cc12. The molecule has 2 heterocycles. The van der Waals surface area contributed by atoms with Crippen molar-refractivity contribution in [3.63, 3.8) is 0 Å². The fourth-order valence-corrected chi connectivity index (χ4v) is 2.01. The van der Waals surface area contributed by atoms with Crippen LogP contribution >= 0.6 is 0 Å². The Morgan fingerprint density at radius 3 is 2.71 bits per heavy atom. The lowest BCUT2D eigenvalue weighted by Gasteiger charge is -2.07. The van der Waals surface area contributed by atoms with Gasteiger partial charge in [-0.25, -0.2) is 0 Å². The van der Waals surface area contributed by atoms with Gasteiger partial charge in [-0.3, -0.25) is 9.20 Å². The zero-order chi connectivity index (χ0) is 12.4. The third-order valence-corrected chi connectivity index (χ3v) is 3.02. The van der Waals surface area contributed by atoms with Crippen molar-refractivity contribution in [3.05, 3.63) is 35.5 Å². The van der Waals surface area contributed by atoms with Gasteiger partial charge in [0.1, 0.15) is 0 Å². The zero-order valence-corrected chi connectivity index (χ0v) is 10.5. The molecule has 0 bridgehead atoms. The van der Waals surface area contributed by atoms with Gasteiger partial charge >= 0.3 is 0 Å². The van der Waals surface area contributed by atoms with Crippen molar-refractivity contribution in [2.24, 2.45) is 0 Å². The minimum Gasteiger partial charge on any atom is -0.482 e. The van der Waals surface area contributed by atoms with E-state index in [0.29, 0.717) is 6.42 Å². The van der Waals surface area contributed by atoms with E-state index in [0.717, 1.165) is 23.4 Å². The maximum absolute atomic E-state index is 11.9. The molecule has 3 nitrogen and oxygen atoms in total. The largest absolute Gasteiger partial charge is 0.482 e. The van der Waals surface area contributed by atoms with Crippen LogP contribution in [0.5, 0.6) is 5.88 Å². The Morgan fingerprint density at radius 1 is 1.35 bits per heavy atom. The van der Waals surface area contributed by atoms with Crippen LogP contribution in [-0.4, -0.2) is 17.3 Å². The molecular weight excluding hydrogens is 214 g/mol. The second-order valence-electron chi connectivity index (χ2n) is 4.02. The summed E-state index contributed by atoms with van der Waals surface area (Å²) in [5, 5.41) is 0. The first kappa shape index (κ1) is 11.7. The van der Waals surface area contributed by atoms with Crippen LogP contribution in [-0.2, 0) is 6.42 Å². The van der Waals surface area contributed by atoms with Crippen LogP contribution in [0.2, 0.25) is 0 Å². The fraction of sp³-hybridized carbons (Fsp3) is 0.357. The Morgan fingerprint density at radius 2 is 2.12 bits per heavy atom. The van der Waals surface area contributed by atoms with Gasteiger partial charge in [-0.1, -0.05) is 13.8 Å². The van der Waals surface area contributed by atoms with Gasteiger partial charge in [-0.15, -0.1) is 0 Å². The van der Waals surface area contributed by atoms with Crippen molar-refractivity contribution in [2.75, 3.05) is 7.11 Å². The average Bonchev–Trinajstić information content (AvgIpc) is 2.80. The van der Waals surface area contributed by atoms with Crippen LogP contribution in [0.25, 0.3) is 5.52 Å². The summed E-state index contributed by atoms with van der Waals surface area (Å²) in [6.45, 7) is 3.98. The summed E-state index contributed by atoms with van der Waals surface area (Å²) >= 11 is 0. The monoisotopic (exact) mass is 231 g/mol. The van der Waals surface area contributed by atoms with E-state index in [1.807, 2.05) is 29.7 Å². The smallest absolute Gasteiger partial charge is 0.197 e. The topological polar surface area (TPSA) is 30.7 Å². The molecule has 0 radical (unpaired) electrons. The van der Waals surface area contributed by atoms with Crippen LogP contribution in [0.15, 0.2) is 24.4 Å². The number of Topliss-reactive ketones (excluding diaryl/α,β-unsaturated/α-hetero) is 1. The minimum absolute atomic E-state index is 0.165. The number of ether oxygens (including phenoxy) is 1. The normalized spacial score (nSPS) is 10.8. The highest BCUT2D eigenvalue weighted by molar-refractivity contribution is 6.02. The van der Waals surface area contributed by atoms with Crippen molar-refractivity contribution in [1.29, 1.82) is 0 Å². The first-order valence-corrected chi connectivity index (χ1v) is 5.92. The van der Waals surface area contributed by atoms with E-state index in [1.54, 1.807) is 7.11 Å². The molecule has 0 N–H and O–H groups in total. The Hall–Kier alpha value is -1.77. The number of carbonyl (C=O) groups is 1. The van der Waals surface area contributed by atoms with Crippen LogP contribution < -0.4 is 4.74 Å². The number of pyridine rings is 1. The third-order valence-electron chi connectivity index (χ3n) is 3.02. The van der Waals surface area contributed by atoms with Crippen molar-refractivity contribution >= 4 is 11.3 Å². The van der Waals surface area contributed by atoms with E-state index >= 15 is 0 Å². The van der Waals surface area contributed by atoms with Gasteiger partial charge in [0.05, 0.1) is 12.6 Å². The molecule has 2 aromatic rings. The number of rotatable bonds is 4. The molecule has 2 aromatic heterocycles. The number of hydrogen-bond acceptors (Lipinski definition) is 2. The Kier molecular flexibility index (Phi) is 3.18. The molecule has 0 amide bonds. The van der Waals surface area contributed by atoms with Gasteiger partial charge in [0.15, 0.2) is 11.7 Å². The molecule has 0 spiro atoms. The summed E-state index contributed by atoms with van der Waals surface area (Å²) in [4.78, 5) is 11.9. The molecular formula is C14H17NO2. The van der Waals surface area contributed by atoms with Crippen LogP contribution in [0.1, 0.15) is 36.2 Å². The van der Waals surface area contributed by atoms with Gasteiger partial charge in [-0.2, -0.15) is 0 Å². The van der Waals surface area contributed by atoms with Crippen LogP contribution in [0, 0.1) is 0 Å². The molecule has 90 valence electrons. The first-order valence-electron chi connectivity index (χ1n) is 5.92. The number of ketones is 1. The maximum atomic E-state index is 11.9. The average molecular weight is 231 g/mol. The minimum atomic E-state index is 0.165. The molecule has 0 fully saturated rings. The lowest BCUT2D eigenvalue weighted by Crippen LogP contribution is -2.01. The van der Waals surface area contributed by atoms with E-state index in [-0.39, 0.29) is 5.78 Å². The predicted octanol–water partition coefficient (Wildman–Crippen LogP) is 3.10. The highest BCUT2D eigenvalue weighted by atomic mass is 16.5. The van der Waals surface area contributed by atoms with Crippen molar-refractivity contribution in [1.82, 2.24) is 4.40 Å². The van der Waals surface area contributed by atoms with Gasteiger partial charge in [0, 0.05) is 18.2 Å². The first-order chi connectivity index (χ1) is 8.21. The van der Waals surface area contributed by atoms with Crippen molar-refractivity contribution < 1.29 is 9.53 Å². The van der Waals surface area contributed by atoms with Gasteiger partial charge in [-0.05, 0) is 30.2 Å². The highest BCUT2D eigenvalue weighted by Crippen LogP contribution is 2.23. The van der Waals surface area contributed by atoms with Gasteiger partial charge < -0.3 is 4.74 Å². The second-order valence-corrected chi connectivity index (χ2v) is 4.02. The number of methoxy groups -OCH3 is 1. The Balaban J connectivity index is 2.71. The van der Waals surface area contributed by atoms with Gasteiger partial charge in [0.2, 0.25) is 0 Å². The molecule has 0 saturated heterocycles. The summed E-state index contributed by atoms with van der Waals surface area (Å²) in [6.07, 6.45) is 3.50. The molecule has 2 rings (SSSR count). The standard InChI is InChI=1S/C14H17NO2/c1-4-10-8-12-11(13(16)5-2)6-7-14(17-3)15(12)9-10/h6-9H,4-5H2,1-3H3. The second kappa shape index (κ2) is 4.62. The summed E-state index contributed by atoms with van der Waals surface area (Å²) in [7, 11) is 1.64. The number of aromatic nitrogens is 1. The van der Waals surface area contributed by atoms with Gasteiger partial charge in [0.25, 0.3) is 0 Å². The summed E-state index contributed by atoms with van der Waals surface area (Å²) in [6, 6.07) is 5.75. The maximum Gasteiger partial charge on any atom is 0.197 e. The zero-order valence-electron chi connectivity index (χ0n) is 10.5. The van der Waals surface area contributed by atoms with E-state index in [9.17, 15) is 4.79 Å². The molecule has 0 aliphatic carbocycles. The molecule has 0 aromatic carbocycles. The third kappa shape index (κ3) is 1.93. The molecule has 0 atom stereocenters. The van der Waals surface area contributed by atoms with Crippen molar-refractivity contribution in [2.45, 2.75) is 26.7 Å². The van der Waals surface area contributed by atoms with E-state index in [4.69, 9.17) is 4.74 Å². The van der Waals surface area contributed by atoms with E-state index in [2.05, 4.69) is 13.0 Å². The summed E-state index contributed by atoms with van der Waals surface area (Å²) < 4.78 is 7.25. The van der Waals surface area contributed by atoms with E-state index in [1.165, 1.54) is 5.56 Å². The lowest BCUT2D eigenvalue weighted by atomic mass is 10.1. The molecule has 0 unspecified atom stereocenters. The quantitative estimate of drug-likeness (QED) is 0.757. The highest BCUT2D eigenvalue weighted by Gasteiger charge is 2.12. The van der Waals surface area contributed by atoms with Crippen LogP contribution in [0.3, 0.4) is 0 Å². The lowest BCUT2D eigenvalue weighted by molar-refractivity contribution is 0.0989. The van der Waals surface area contributed by atoms with Crippen molar-refractivity contribution in [3.8, 4) is 5.88 Å². The number of aryl methyl sites for hydroxylation is 1. The summed E-state index contributed by atoms with van der Waals surface area (Å²) in [5.41, 5.74) is 2.92. The molecule has 0 saturated carbocycles. The predicted molar refractivity (Wildman–Crippen MR) is 67.9 cm³/mol. The number of carbonyl (C=O) groups excluding carboxylic acids is 1. The molecule has 17 heavy (non-hydrogen) atoms. The number of fused-ring (bicyclic) bond motifs is 1. The molecule has 0 aliphatic heterocycles. The summed E-state index contributed by atoms with van der Waals surface area (Å²) in [5.74, 6) is 0.922. The fourth-order valence-electron chi connectivity index (χ4n) is 2.01.